The Labute approximate surface area is 122 Å². The lowest BCUT2D eigenvalue weighted by molar-refractivity contribution is -0.118. The van der Waals surface area contributed by atoms with Gasteiger partial charge < -0.3 is 10.6 Å². The zero-order valence-corrected chi connectivity index (χ0v) is 12.2. The van der Waals surface area contributed by atoms with Crippen LogP contribution in [0.5, 0.6) is 0 Å². The van der Waals surface area contributed by atoms with Gasteiger partial charge >= 0.3 is 0 Å². The minimum Gasteiger partial charge on any atom is -0.355 e. The highest BCUT2D eigenvalue weighted by atomic mass is 35.5. The van der Waals surface area contributed by atoms with E-state index in [0.29, 0.717) is 11.7 Å². The van der Waals surface area contributed by atoms with Gasteiger partial charge in [0.15, 0.2) is 0 Å². The Morgan fingerprint density at radius 1 is 1.39 bits per heavy atom. The number of carbonyl (C=O) groups excluding carboxylic acids is 1. The molecule has 1 aromatic rings. The van der Waals surface area contributed by atoms with E-state index in [1.54, 1.807) is 0 Å². The summed E-state index contributed by atoms with van der Waals surface area (Å²) in [5, 5.41) is 6.84. The maximum atomic E-state index is 11.5. The second-order valence-electron chi connectivity index (χ2n) is 4.07. The summed E-state index contributed by atoms with van der Waals surface area (Å²) in [4.78, 5) is 12.6. The molecule has 0 unspecified atom stereocenters. The molecule has 0 aromatic heterocycles. The van der Waals surface area contributed by atoms with Crippen LogP contribution in [-0.2, 0) is 4.79 Å². The van der Waals surface area contributed by atoms with Crippen molar-refractivity contribution in [3.8, 4) is 0 Å². The lowest BCUT2D eigenvalue weighted by atomic mass is 10.0. The average molecular weight is 307 g/mol. The highest BCUT2D eigenvalue weighted by Crippen LogP contribution is 2.19. The Bertz CT molecular complexity index is 382. The maximum absolute atomic E-state index is 11.5. The van der Waals surface area contributed by atoms with Gasteiger partial charge in [0.05, 0.1) is 5.75 Å². The topological polar surface area (TPSA) is 41.1 Å². The van der Waals surface area contributed by atoms with E-state index in [9.17, 15) is 4.79 Å². The van der Waals surface area contributed by atoms with Crippen molar-refractivity contribution < 1.29 is 4.79 Å². The number of carbonyl (C=O) groups is 1. The third-order valence-electron chi connectivity index (χ3n) is 2.64. The molecule has 1 amide bonds. The first-order valence-corrected chi connectivity index (χ1v) is 6.96. The standard InChI is InChI=1S/C12H15ClN2OS.ClH/c13-10-1-3-11(4-2-10)17-8-12(16)15-7-9-5-14-6-9;/h1-4,9,14H,5-8H2,(H,15,16);1H. The molecule has 1 heterocycles. The van der Waals surface area contributed by atoms with Crippen molar-refractivity contribution in [3.63, 3.8) is 0 Å². The van der Waals surface area contributed by atoms with Crippen LogP contribution in [0, 0.1) is 5.92 Å². The van der Waals surface area contributed by atoms with E-state index < -0.39 is 0 Å². The van der Waals surface area contributed by atoms with Crippen LogP contribution in [-0.4, -0.2) is 31.3 Å². The Kier molecular flexibility index (Phi) is 6.86. The third-order valence-corrected chi connectivity index (χ3v) is 3.90. The number of nitrogens with one attached hydrogen (secondary N) is 2. The van der Waals surface area contributed by atoms with Crippen LogP contribution in [0.15, 0.2) is 29.2 Å². The van der Waals surface area contributed by atoms with E-state index in [0.717, 1.165) is 29.6 Å². The fourth-order valence-corrected chi connectivity index (χ4v) is 2.34. The summed E-state index contributed by atoms with van der Waals surface area (Å²) in [7, 11) is 0. The predicted octanol–water partition coefficient (Wildman–Crippen LogP) is 2.19. The summed E-state index contributed by atoms with van der Waals surface area (Å²) in [5.74, 6) is 1.17. The van der Waals surface area contributed by atoms with Crippen molar-refractivity contribution in [1.82, 2.24) is 10.6 Å². The molecule has 0 atom stereocenters. The van der Waals surface area contributed by atoms with Crippen molar-refractivity contribution in [2.45, 2.75) is 4.90 Å². The Hall–Kier alpha value is -0.420. The van der Waals surface area contributed by atoms with Gasteiger partial charge in [-0.15, -0.1) is 24.2 Å². The molecule has 2 N–H and O–H groups in total. The molecule has 0 spiro atoms. The van der Waals surface area contributed by atoms with Crippen molar-refractivity contribution in [2.75, 3.05) is 25.4 Å². The molecule has 0 aliphatic carbocycles. The van der Waals surface area contributed by atoms with Crippen LogP contribution < -0.4 is 10.6 Å². The van der Waals surface area contributed by atoms with Crippen molar-refractivity contribution in [2.24, 2.45) is 5.92 Å². The van der Waals surface area contributed by atoms with Gasteiger partial charge in [-0.2, -0.15) is 0 Å². The van der Waals surface area contributed by atoms with Crippen molar-refractivity contribution >= 4 is 41.7 Å². The van der Waals surface area contributed by atoms with Gasteiger partial charge in [-0.3, -0.25) is 4.79 Å². The van der Waals surface area contributed by atoms with E-state index in [1.165, 1.54) is 11.8 Å². The van der Waals surface area contributed by atoms with E-state index in [4.69, 9.17) is 11.6 Å². The van der Waals surface area contributed by atoms with Gasteiger partial charge in [0.2, 0.25) is 5.91 Å². The summed E-state index contributed by atoms with van der Waals surface area (Å²) in [6, 6.07) is 7.52. The summed E-state index contributed by atoms with van der Waals surface area (Å²) in [5.41, 5.74) is 0. The fraction of sp³-hybridized carbons (Fsp3) is 0.417. The normalized spacial score (nSPS) is 14.5. The molecule has 0 radical (unpaired) electrons. The first-order valence-electron chi connectivity index (χ1n) is 5.60. The van der Waals surface area contributed by atoms with Crippen molar-refractivity contribution in [3.05, 3.63) is 29.3 Å². The largest absolute Gasteiger partial charge is 0.355 e. The van der Waals surface area contributed by atoms with Crippen LogP contribution in [0.1, 0.15) is 0 Å². The van der Waals surface area contributed by atoms with E-state index in [2.05, 4.69) is 10.6 Å². The Balaban J connectivity index is 0.00000162. The third kappa shape index (κ3) is 5.06. The lowest BCUT2D eigenvalue weighted by Crippen LogP contribution is -2.48. The summed E-state index contributed by atoms with van der Waals surface area (Å²) in [6.07, 6.45) is 0. The predicted molar refractivity (Wildman–Crippen MR) is 78.8 cm³/mol. The van der Waals surface area contributed by atoms with Crippen molar-refractivity contribution in [1.29, 1.82) is 0 Å². The summed E-state index contributed by atoms with van der Waals surface area (Å²) < 4.78 is 0. The first-order chi connectivity index (χ1) is 8.24. The zero-order chi connectivity index (χ0) is 12.1. The van der Waals surface area contributed by atoms with Gasteiger partial charge in [-0.05, 0) is 24.3 Å². The molecule has 1 aromatic carbocycles. The van der Waals surface area contributed by atoms with Crippen LogP contribution in [0.3, 0.4) is 0 Å². The van der Waals surface area contributed by atoms with Gasteiger partial charge in [0.25, 0.3) is 0 Å². The SMILES string of the molecule is Cl.O=C(CSc1ccc(Cl)cc1)NCC1CNC1. The van der Waals surface area contributed by atoms with Gasteiger partial charge in [-0.1, -0.05) is 11.6 Å². The quantitative estimate of drug-likeness (QED) is 0.819. The van der Waals surface area contributed by atoms with Gasteiger partial charge in [0.1, 0.15) is 0 Å². The smallest absolute Gasteiger partial charge is 0.230 e. The molecule has 6 heteroatoms. The monoisotopic (exact) mass is 306 g/mol. The molecule has 18 heavy (non-hydrogen) atoms. The van der Waals surface area contributed by atoms with E-state index in [-0.39, 0.29) is 18.3 Å². The fourth-order valence-electron chi connectivity index (χ4n) is 1.48. The number of hydrogen-bond acceptors (Lipinski definition) is 3. The molecule has 0 saturated carbocycles. The molecular formula is C12H16Cl2N2OS. The van der Waals surface area contributed by atoms with E-state index >= 15 is 0 Å². The number of amides is 1. The Morgan fingerprint density at radius 2 is 2.06 bits per heavy atom. The average Bonchev–Trinajstić information content (AvgIpc) is 2.26. The van der Waals surface area contributed by atoms with E-state index in [1.807, 2.05) is 24.3 Å². The maximum Gasteiger partial charge on any atom is 0.230 e. The second kappa shape index (κ2) is 7.89. The van der Waals surface area contributed by atoms with Crippen LogP contribution in [0.2, 0.25) is 5.02 Å². The molecule has 2 rings (SSSR count). The summed E-state index contributed by atoms with van der Waals surface area (Å²) >= 11 is 7.32. The van der Waals surface area contributed by atoms with Gasteiger partial charge in [0, 0.05) is 35.5 Å². The number of benzene rings is 1. The number of thioether (sulfide) groups is 1. The number of halogens is 2. The highest BCUT2D eigenvalue weighted by molar-refractivity contribution is 8.00. The Morgan fingerprint density at radius 3 is 2.61 bits per heavy atom. The number of hydrogen-bond donors (Lipinski definition) is 2. The summed E-state index contributed by atoms with van der Waals surface area (Å²) in [6.45, 7) is 2.82. The minimum atomic E-state index is 0. The molecule has 1 aliphatic rings. The lowest BCUT2D eigenvalue weighted by Gasteiger charge is -2.27. The second-order valence-corrected chi connectivity index (χ2v) is 5.56. The molecule has 3 nitrogen and oxygen atoms in total. The first kappa shape index (κ1) is 15.6. The molecule has 1 saturated heterocycles. The molecule has 100 valence electrons. The molecule has 1 fully saturated rings. The molecule has 0 bridgehead atoms. The van der Waals surface area contributed by atoms with Crippen LogP contribution in [0.4, 0.5) is 0 Å². The highest BCUT2D eigenvalue weighted by Gasteiger charge is 2.16. The molecular weight excluding hydrogens is 291 g/mol. The van der Waals surface area contributed by atoms with Gasteiger partial charge in [-0.25, -0.2) is 0 Å². The zero-order valence-electron chi connectivity index (χ0n) is 9.82. The van der Waals surface area contributed by atoms with Crippen LogP contribution >= 0.6 is 35.8 Å². The molecule has 1 aliphatic heterocycles. The van der Waals surface area contributed by atoms with Crippen LogP contribution in [0.25, 0.3) is 0 Å². The minimum absolute atomic E-state index is 0. The number of rotatable bonds is 5.